The van der Waals surface area contributed by atoms with E-state index in [1.165, 1.54) is 5.56 Å². The van der Waals surface area contributed by atoms with Crippen LogP contribution in [0.2, 0.25) is 0 Å². The fraction of sp³-hybridized carbons (Fsp3) is 0.286. The highest BCUT2D eigenvalue weighted by molar-refractivity contribution is 5.61. The first kappa shape index (κ1) is 12.5. The van der Waals surface area contributed by atoms with E-state index in [4.69, 9.17) is 5.26 Å². The number of hydrogen-bond acceptors (Lipinski definition) is 5. The van der Waals surface area contributed by atoms with Crippen molar-refractivity contribution in [3.63, 3.8) is 0 Å². The molecular weight excluding hydrogens is 252 g/mol. The monoisotopic (exact) mass is 266 g/mol. The topological polar surface area (TPSA) is 81.5 Å². The van der Waals surface area contributed by atoms with Crippen molar-refractivity contribution < 1.29 is 0 Å². The van der Waals surface area contributed by atoms with Gasteiger partial charge in [-0.15, -0.1) is 10.2 Å². The minimum absolute atomic E-state index is 0.675. The van der Waals surface area contributed by atoms with Crippen LogP contribution in [0.15, 0.2) is 30.3 Å². The van der Waals surface area contributed by atoms with Gasteiger partial charge in [0.25, 0.3) is 0 Å². The molecule has 0 amide bonds. The minimum atomic E-state index is 0.675. The summed E-state index contributed by atoms with van der Waals surface area (Å²) in [6.45, 7) is 2.70. The van der Waals surface area contributed by atoms with E-state index in [2.05, 4.69) is 37.7 Å². The van der Waals surface area contributed by atoms with Crippen LogP contribution in [0, 0.1) is 11.3 Å². The van der Waals surface area contributed by atoms with Crippen LogP contribution in [0.25, 0.3) is 5.57 Å². The smallest absolute Gasteiger partial charge is 0.201 e. The molecule has 1 aromatic carbocycles. The number of benzene rings is 1. The highest BCUT2D eigenvalue weighted by Crippen LogP contribution is 2.18. The Morgan fingerprint density at radius 3 is 2.85 bits per heavy atom. The zero-order valence-corrected chi connectivity index (χ0v) is 11.0. The molecule has 1 aromatic heterocycles. The third-order valence-corrected chi connectivity index (χ3v) is 3.35. The number of nitrogens with zero attached hydrogens (tertiary/aromatic N) is 5. The molecule has 2 aromatic rings. The molecule has 6 nitrogen and oxygen atoms in total. The Balaban J connectivity index is 1.67. The predicted octanol–water partition coefficient (Wildman–Crippen LogP) is 1.36. The average Bonchev–Trinajstić information content (AvgIpc) is 3.03. The third-order valence-electron chi connectivity index (χ3n) is 3.35. The SMILES string of the molecule is N#Cc1ccc(CN2CCC=C(c3nn[nH]n3)C2)cc1. The summed E-state index contributed by atoms with van der Waals surface area (Å²) in [6.07, 6.45) is 3.15. The Morgan fingerprint density at radius 2 is 2.15 bits per heavy atom. The van der Waals surface area contributed by atoms with Gasteiger partial charge in [0.05, 0.1) is 11.6 Å². The zero-order chi connectivity index (χ0) is 13.8. The van der Waals surface area contributed by atoms with Gasteiger partial charge in [0, 0.05) is 25.2 Å². The molecule has 1 aliphatic heterocycles. The summed E-state index contributed by atoms with van der Waals surface area (Å²) in [6, 6.07) is 9.86. The minimum Gasteiger partial charge on any atom is -0.294 e. The summed E-state index contributed by atoms with van der Waals surface area (Å²) in [7, 11) is 0. The molecule has 6 heteroatoms. The van der Waals surface area contributed by atoms with Crippen molar-refractivity contribution in [2.24, 2.45) is 0 Å². The van der Waals surface area contributed by atoms with Crippen molar-refractivity contribution in [1.82, 2.24) is 25.5 Å². The largest absolute Gasteiger partial charge is 0.294 e. The molecule has 3 rings (SSSR count). The molecule has 0 spiro atoms. The number of hydrogen-bond donors (Lipinski definition) is 1. The van der Waals surface area contributed by atoms with Gasteiger partial charge in [0.2, 0.25) is 5.82 Å². The van der Waals surface area contributed by atoms with E-state index in [0.29, 0.717) is 11.4 Å². The highest BCUT2D eigenvalue weighted by Gasteiger charge is 2.16. The maximum Gasteiger partial charge on any atom is 0.201 e. The maximum atomic E-state index is 8.80. The van der Waals surface area contributed by atoms with Gasteiger partial charge < -0.3 is 0 Å². The van der Waals surface area contributed by atoms with Gasteiger partial charge in [-0.3, -0.25) is 4.90 Å². The van der Waals surface area contributed by atoms with E-state index in [0.717, 1.165) is 31.6 Å². The first-order valence-corrected chi connectivity index (χ1v) is 6.49. The quantitative estimate of drug-likeness (QED) is 0.907. The normalized spacial score (nSPS) is 15.7. The number of tetrazole rings is 1. The lowest BCUT2D eigenvalue weighted by Crippen LogP contribution is -2.29. The van der Waals surface area contributed by atoms with Crippen molar-refractivity contribution in [3.8, 4) is 6.07 Å². The molecule has 1 N–H and O–H groups in total. The molecule has 0 saturated heterocycles. The van der Waals surface area contributed by atoms with Crippen molar-refractivity contribution in [3.05, 3.63) is 47.3 Å². The van der Waals surface area contributed by atoms with Crippen molar-refractivity contribution in [2.75, 3.05) is 13.1 Å². The van der Waals surface area contributed by atoms with Crippen LogP contribution in [0.4, 0.5) is 0 Å². The predicted molar refractivity (Wildman–Crippen MR) is 73.2 cm³/mol. The molecule has 0 bridgehead atoms. The molecular formula is C14H14N6. The van der Waals surface area contributed by atoms with E-state index >= 15 is 0 Å². The summed E-state index contributed by atoms with van der Waals surface area (Å²) in [4.78, 5) is 2.34. The molecule has 1 aliphatic rings. The van der Waals surface area contributed by atoms with Crippen molar-refractivity contribution in [1.29, 1.82) is 5.26 Å². The molecule has 0 aliphatic carbocycles. The van der Waals surface area contributed by atoms with E-state index in [-0.39, 0.29) is 0 Å². The first-order chi connectivity index (χ1) is 9.85. The molecule has 0 unspecified atom stereocenters. The lowest BCUT2D eigenvalue weighted by molar-refractivity contribution is 0.296. The fourth-order valence-corrected chi connectivity index (χ4v) is 2.34. The third kappa shape index (κ3) is 2.73. The fourth-order valence-electron chi connectivity index (χ4n) is 2.34. The summed E-state index contributed by atoms with van der Waals surface area (Å²) >= 11 is 0. The van der Waals surface area contributed by atoms with E-state index in [1.807, 2.05) is 24.3 Å². The van der Waals surface area contributed by atoms with Crippen LogP contribution in [0.1, 0.15) is 23.4 Å². The van der Waals surface area contributed by atoms with Crippen molar-refractivity contribution >= 4 is 5.57 Å². The number of aromatic nitrogens is 4. The Hall–Kier alpha value is -2.52. The van der Waals surface area contributed by atoms with Gasteiger partial charge in [0.15, 0.2) is 0 Å². The molecule has 0 radical (unpaired) electrons. The van der Waals surface area contributed by atoms with E-state index < -0.39 is 0 Å². The summed E-state index contributed by atoms with van der Waals surface area (Å²) in [5.41, 5.74) is 3.01. The molecule has 20 heavy (non-hydrogen) atoms. The van der Waals surface area contributed by atoms with Gasteiger partial charge in [-0.2, -0.15) is 10.5 Å². The Labute approximate surface area is 116 Å². The van der Waals surface area contributed by atoms with Crippen LogP contribution in [-0.4, -0.2) is 38.6 Å². The number of nitrogens with one attached hydrogen (secondary N) is 1. The first-order valence-electron chi connectivity index (χ1n) is 6.49. The second-order valence-corrected chi connectivity index (χ2v) is 4.77. The standard InChI is InChI=1S/C14H14N6/c15-8-11-3-5-12(6-4-11)9-20-7-1-2-13(10-20)14-16-18-19-17-14/h2-6H,1,7,9-10H2,(H,16,17,18,19). The summed E-state index contributed by atoms with van der Waals surface area (Å²) < 4.78 is 0. The molecule has 2 heterocycles. The van der Waals surface area contributed by atoms with Gasteiger partial charge in [-0.25, -0.2) is 0 Å². The number of aromatic amines is 1. The number of H-pyrrole nitrogens is 1. The Bertz CT molecular complexity index is 635. The molecule has 0 saturated carbocycles. The van der Waals surface area contributed by atoms with Gasteiger partial charge >= 0.3 is 0 Å². The van der Waals surface area contributed by atoms with Gasteiger partial charge in [-0.05, 0) is 29.3 Å². The zero-order valence-electron chi connectivity index (χ0n) is 11.0. The Morgan fingerprint density at radius 1 is 1.30 bits per heavy atom. The van der Waals surface area contributed by atoms with E-state index in [9.17, 15) is 0 Å². The lowest BCUT2D eigenvalue weighted by Gasteiger charge is -2.26. The van der Waals surface area contributed by atoms with Gasteiger partial charge in [-0.1, -0.05) is 18.2 Å². The average molecular weight is 266 g/mol. The van der Waals surface area contributed by atoms with Crippen LogP contribution < -0.4 is 0 Å². The Kier molecular flexibility index (Phi) is 3.52. The lowest BCUT2D eigenvalue weighted by atomic mass is 10.1. The second kappa shape index (κ2) is 5.63. The molecule has 0 fully saturated rings. The summed E-state index contributed by atoms with van der Waals surface area (Å²) in [5.74, 6) is 0.675. The highest BCUT2D eigenvalue weighted by atomic mass is 15.5. The maximum absolute atomic E-state index is 8.80. The van der Waals surface area contributed by atoms with Crippen LogP contribution in [0.5, 0.6) is 0 Å². The van der Waals surface area contributed by atoms with Gasteiger partial charge in [0.1, 0.15) is 0 Å². The summed E-state index contributed by atoms with van der Waals surface area (Å²) in [5, 5.41) is 22.9. The van der Waals surface area contributed by atoms with Crippen LogP contribution in [-0.2, 0) is 6.54 Å². The molecule has 0 atom stereocenters. The number of nitriles is 1. The second-order valence-electron chi connectivity index (χ2n) is 4.77. The number of rotatable bonds is 3. The van der Waals surface area contributed by atoms with Crippen molar-refractivity contribution in [2.45, 2.75) is 13.0 Å². The van der Waals surface area contributed by atoms with E-state index in [1.54, 1.807) is 0 Å². The van der Waals surface area contributed by atoms with Crippen LogP contribution in [0.3, 0.4) is 0 Å². The molecule has 100 valence electrons. The van der Waals surface area contributed by atoms with Crippen LogP contribution >= 0.6 is 0 Å².